The number of thioether (sulfide) groups is 1. The van der Waals surface area contributed by atoms with Gasteiger partial charge in [0.2, 0.25) is 0 Å². The van der Waals surface area contributed by atoms with Gasteiger partial charge in [0.25, 0.3) is 0 Å². The van der Waals surface area contributed by atoms with Crippen LogP contribution in [0.25, 0.3) is 115 Å². The molecule has 4 heterocycles. The Kier molecular flexibility index (Phi) is 13.6. The number of benzene rings is 11. The molecule has 2 N–H and O–H groups in total. The topological polar surface area (TPSA) is 47.7 Å². The predicted octanol–water partition coefficient (Wildman–Crippen LogP) is 20.4. The van der Waals surface area contributed by atoms with Gasteiger partial charge >= 0.3 is 0 Å². The lowest BCUT2D eigenvalue weighted by atomic mass is 9.81. The Bertz CT molecular complexity index is 4890. The number of hydrogen-bond acceptors (Lipinski definition) is 3. The third kappa shape index (κ3) is 8.36. The van der Waals surface area contributed by atoms with Gasteiger partial charge in [0.05, 0.1) is 33.9 Å². The van der Waals surface area contributed by atoms with Gasteiger partial charge in [0, 0.05) is 49.7 Å². The van der Waals surface area contributed by atoms with E-state index in [9.17, 15) is 0 Å². The number of aryl methyl sites for hydroxylation is 2. The first-order valence-electron chi connectivity index (χ1n) is 28.3. The van der Waals surface area contributed by atoms with E-state index >= 15 is 0 Å². The van der Waals surface area contributed by atoms with E-state index in [0.29, 0.717) is 0 Å². The Hall–Kier alpha value is -8.12. The molecule has 0 bridgehead atoms. The van der Waals surface area contributed by atoms with Crippen LogP contribution >= 0.6 is 32.5 Å². The van der Waals surface area contributed by atoms with Crippen molar-refractivity contribution in [2.75, 3.05) is 7.05 Å². The Balaban J connectivity index is 0.000000348. The van der Waals surface area contributed by atoms with Gasteiger partial charge < -0.3 is 14.7 Å². The normalized spacial score (nSPS) is 15.5. The lowest BCUT2D eigenvalue weighted by Crippen LogP contribution is -2.24. The van der Waals surface area contributed by atoms with E-state index in [1.807, 2.05) is 11.8 Å². The third-order valence-corrected chi connectivity index (χ3v) is 19.2. The Morgan fingerprint density at radius 3 is 1.87 bits per heavy atom. The lowest BCUT2D eigenvalue weighted by Gasteiger charge is -2.30. The molecule has 0 saturated heterocycles. The van der Waals surface area contributed by atoms with Gasteiger partial charge in [-0.3, -0.25) is 4.99 Å². The average molecular weight is 1120 g/mol. The molecule has 0 spiro atoms. The molecule has 2 atom stereocenters. The van der Waals surface area contributed by atoms with Crippen LogP contribution in [0, 0.1) is 13.8 Å². The van der Waals surface area contributed by atoms with Crippen molar-refractivity contribution in [2.24, 2.45) is 10.7 Å². The first-order chi connectivity index (χ1) is 40.0. The first kappa shape index (κ1) is 53.2. The molecular weight excluding hydrogens is 1050 g/mol. The van der Waals surface area contributed by atoms with Gasteiger partial charge in [0.1, 0.15) is 4.87 Å². The van der Waals surface area contributed by atoms with E-state index in [0.717, 1.165) is 6.42 Å². The Morgan fingerprint density at radius 1 is 0.524 bits per heavy atom. The summed E-state index contributed by atoms with van der Waals surface area (Å²) in [4.78, 5) is 4.32. The molecule has 11 aromatic carbocycles. The maximum absolute atomic E-state index is 4.74. The number of nitrogens with zero attached hydrogens (tertiary/aromatic N) is 3. The highest BCUT2D eigenvalue weighted by molar-refractivity contribution is 8.31. The second kappa shape index (κ2) is 21.0. The summed E-state index contributed by atoms with van der Waals surface area (Å²) in [6.45, 7) is 13.8. The Labute approximate surface area is 492 Å². The summed E-state index contributed by atoms with van der Waals surface area (Å²) in [5, 5.41) is 13.0. The summed E-state index contributed by atoms with van der Waals surface area (Å²) in [5.41, 5.74) is 27.1. The van der Waals surface area contributed by atoms with Crippen molar-refractivity contribution in [3.63, 3.8) is 0 Å². The number of hydrogen-bond donors (Lipinski definition) is 2. The van der Waals surface area contributed by atoms with Crippen LogP contribution in [0.1, 0.15) is 66.6 Å². The molecule has 402 valence electrons. The van der Waals surface area contributed by atoms with E-state index < -0.39 is 4.87 Å². The number of aromatic nitrogens is 2. The second-order valence-corrected chi connectivity index (χ2v) is 23.9. The van der Waals surface area contributed by atoms with Crippen molar-refractivity contribution in [2.45, 2.75) is 63.1 Å². The van der Waals surface area contributed by atoms with Crippen LogP contribution in [0.15, 0.2) is 222 Å². The molecule has 2 aliphatic rings. The molecule has 3 aromatic heterocycles. The predicted molar refractivity (Wildman–Crippen MR) is 365 cm³/mol. The fraction of sp³-hybridized carbons (Fsp3) is 0.133. The first-order valence-corrected chi connectivity index (χ1v) is 31.1. The molecule has 0 fully saturated rings. The summed E-state index contributed by atoms with van der Waals surface area (Å²) in [6, 6.07) is 79.7. The summed E-state index contributed by atoms with van der Waals surface area (Å²) in [6.07, 6.45) is 4.82. The van der Waals surface area contributed by atoms with E-state index in [1.165, 1.54) is 159 Å². The number of para-hydroxylation sites is 3. The van der Waals surface area contributed by atoms with Gasteiger partial charge in [-0.1, -0.05) is 199 Å². The number of rotatable bonds is 4. The molecule has 4 nitrogen and oxygen atoms in total. The minimum Gasteiger partial charge on any atom is -0.390 e. The SMILES string of the molecule is CC1(C)c2ccc(-c3ccc4c(c3)c3ccccc3n4C3(C)Sc4c(ccc5ccccc45)/C3=C\c3ccccc3)cc2-c2cc3cc4c5cccc6c7ccccc7n(c4cc3cc21)c65.CCc1cccc(C)c1C.CN=CN.PS. The van der Waals surface area contributed by atoms with Crippen LogP contribution in [-0.2, 0) is 16.7 Å². The number of fused-ring (bicyclic) bond motifs is 16. The summed E-state index contributed by atoms with van der Waals surface area (Å²) >= 11 is 5.43. The van der Waals surface area contributed by atoms with Crippen molar-refractivity contribution >= 4 is 132 Å². The van der Waals surface area contributed by atoms with Crippen molar-refractivity contribution in [3.05, 3.63) is 251 Å². The number of nitrogens with two attached hydrogens (primary N) is 1. The molecule has 2 unspecified atom stereocenters. The van der Waals surface area contributed by atoms with Crippen molar-refractivity contribution in [3.8, 4) is 22.3 Å². The highest BCUT2D eigenvalue weighted by Crippen LogP contribution is 2.60. The molecule has 1 aliphatic heterocycles. The molecule has 0 saturated carbocycles. The van der Waals surface area contributed by atoms with E-state index in [1.54, 1.807) is 7.05 Å². The molecule has 1 aliphatic carbocycles. The maximum Gasteiger partial charge on any atom is 0.119 e. The van der Waals surface area contributed by atoms with Crippen LogP contribution in [-0.4, -0.2) is 22.4 Å². The molecule has 16 rings (SSSR count). The van der Waals surface area contributed by atoms with Crippen LogP contribution in [0.5, 0.6) is 0 Å². The zero-order valence-electron chi connectivity index (χ0n) is 47.4. The molecule has 0 amide bonds. The third-order valence-electron chi connectivity index (χ3n) is 17.7. The van der Waals surface area contributed by atoms with E-state index in [-0.39, 0.29) is 5.41 Å². The molecule has 0 radical (unpaired) electrons. The van der Waals surface area contributed by atoms with E-state index in [2.05, 4.69) is 295 Å². The van der Waals surface area contributed by atoms with Crippen LogP contribution in [0.4, 0.5) is 0 Å². The zero-order valence-corrected chi connectivity index (χ0v) is 50.3. The van der Waals surface area contributed by atoms with Crippen molar-refractivity contribution in [1.29, 1.82) is 0 Å². The van der Waals surface area contributed by atoms with Gasteiger partial charge in [-0.15, -0.1) is 0 Å². The summed E-state index contributed by atoms with van der Waals surface area (Å²) in [7, 11) is 3.74. The van der Waals surface area contributed by atoms with Gasteiger partial charge in [0.15, 0.2) is 0 Å². The fourth-order valence-corrected chi connectivity index (χ4v) is 15.1. The second-order valence-electron chi connectivity index (χ2n) is 22.5. The quantitative estimate of drug-likeness (QED) is 0.0798. The standard InChI is InChI=1S/C63H42N2S.C10H14.C2H6N2.H3PS/c1-62(2)53-28-25-39(31-49(53)50-33-41-34-52-47-21-13-20-46-44-18-9-11-22-56(44)64(60(46)47)59(52)36-42(41)35-54(50)62)40-26-29-58-51(32-40)45-19-10-12-23-57(45)65(58)63(3)55(30-37-14-5-4-6-15-37)48-27-24-38-16-7-8-17-43(38)61(48)66-63;1-4-10-7-5-6-8(2)9(10)3;1-4-2-3;1-2/h4-36H,1-3H3;5-7H,4H2,1-3H3;2H,1H3,(H2,3,4);2H,1H2/b55-30+;;;. The smallest absolute Gasteiger partial charge is 0.119 e. The van der Waals surface area contributed by atoms with Crippen molar-refractivity contribution < 1.29 is 0 Å². The fourth-order valence-electron chi connectivity index (χ4n) is 13.6. The lowest BCUT2D eigenvalue weighted by molar-refractivity contribution is 0.661. The summed E-state index contributed by atoms with van der Waals surface area (Å²) < 4.78 is 5.12. The molecule has 14 aromatic rings. The largest absolute Gasteiger partial charge is 0.390 e. The minimum atomic E-state index is -0.416. The molecule has 7 heteroatoms. The zero-order chi connectivity index (χ0) is 56.6. The van der Waals surface area contributed by atoms with Gasteiger partial charge in [-0.2, -0.15) is 12.2 Å². The van der Waals surface area contributed by atoms with Crippen LogP contribution in [0.3, 0.4) is 0 Å². The maximum atomic E-state index is 4.74. The van der Waals surface area contributed by atoms with Crippen LogP contribution < -0.4 is 5.73 Å². The monoisotopic (exact) mass is 1120 g/mol. The number of thiol groups is 1. The van der Waals surface area contributed by atoms with Crippen LogP contribution in [0.2, 0.25) is 0 Å². The highest BCUT2D eigenvalue weighted by Gasteiger charge is 2.43. The Morgan fingerprint density at radius 2 is 1.12 bits per heavy atom. The van der Waals surface area contributed by atoms with E-state index in [4.69, 9.17) is 5.73 Å². The van der Waals surface area contributed by atoms with Gasteiger partial charge in [-0.25, -0.2) is 0 Å². The minimum absolute atomic E-state index is 0.133. The highest BCUT2D eigenvalue weighted by atomic mass is 32.7. The molecule has 82 heavy (non-hydrogen) atoms. The average Bonchev–Trinajstić information content (AvgIpc) is 4.45. The molecular formula is C75H65N4PS2. The summed E-state index contributed by atoms with van der Waals surface area (Å²) in [5.74, 6) is 0. The van der Waals surface area contributed by atoms with Gasteiger partial charge in [-0.05, 0) is 176 Å². The van der Waals surface area contributed by atoms with Crippen molar-refractivity contribution in [1.82, 2.24) is 8.97 Å². The number of aliphatic imine (C=N–C) groups is 1.